The average Bonchev–Trinajstić information content (AvgIpc) is 2.47. The third-order valence-corrected chi connectivity index (χ3v) is 3.95. The van der Waals surface area contributed by atoms with E-state index in [4.69, 9.17) is 4.74 Å². The van der Waals surface area contributed by atoms with E-state index < -0.39 is 0 Å². The summed E-state index contributed by atoms with van der Waals surface area (Å²) in [5.74, 6) is 0.898. The van der Waals surface area contributed by atoms with E-state index in [1.165, 1.54) is 19.3 Å². The van der Waals surface area contributed by atoms with Crippen LogP contribution in [0.1, 0.15) is 37.7 Å². The summed E-state index contributed by atoms with van der Waals surface area (Å²) in [6.45, 7) is 0.0579. The molecule has 100 valence electrons. The summed E-state index contributed by atoms with van der Waals surface area (Å²) in [5.41, 5.74) is 0.948. The van der Waals surface area contributed by atoms with Gasteiger partial charge in [0, 0.05) is 0 Å². The second-order valence-corrected chi connectivity index (χ2v) is 5.34. The molecule has 2 nitrogen and oxygen atoms in total. The van der Waals surface area contributed by atoms with Crippen molar-refractivity contribution in [2.45, 2.75) is 44.8 Å². The molecule has 2 heteroatoms. The average molecular weight is 256 g/mol. The van der Waals surface area contributed by atoms with Crippen molar-refractivity contribution in [3.63, 3.8) is 0 Å². The molecule has 0 aliphatic heterocycles. The highest BCUT2D eigenvalue weighted by molar-refractivity contribution is 5.87. The van der Waals surface area contributed by atoms with Crippen LogP contribution in [-0.4, -0.2) is 11.2 Å². The van der Waals surface area contributed by atoms with Gasteiger partial charge >= 0.3 is 0 Å². The van der Waals surface area contributed by atoms with Gasteiger partial charge < -0.3 is 9.84 Å². The molecule has 2 aromatic rings. The molecule has 0 atom stereocenters. The van der Waals surface area contributed by atoms with Crippen molar-refractivity contribution in [1.29, 1.82) is 0 Å². The molecule has 0 spiro atoms. The number of hydrogen-bond acceptors (Lipinski definition) is 2. The molecular formula is C17H20O2. The Morgan fingerprint density at radius 3 is 2.63 bits per heavy atom. The first-order chi connectivity index (χ1) is 9.36. The third-order valence-electron chi connectivity index (χ3n) is 3.95. The zero-order valence-electron chi connectivity index (χ0n) is 11.1. The summed E-state index contributed by atoms with van der Waals surface area (Å²) >= 11 is 0. The quantitative estimate of drug-likeness (QED) is 0.898. The molecule has 0 amide bonds. The van der Waals surface area contributed by atoms with Gasteiger partial charge in [0.15, 0.2) is 0 Å². The van der Waals surface area contributed by atoms with Gasteiger partial charge in [0.05, 0.1) is 12.7 Å². The van der Waals surface area contributed by atoms with Crippen LogP contribution in [0.3, 0.4) is 0 Å². The number of benzene rings is 2. The zero-order chi connectivity index (χ0) is 13.1. The van der Waals surface area contributed by atoms with Gasteiger partial charge in [-0.05, 0) is 54.2 Å². The lowest BCUT2D eigenvalue weighted by Crippen LogP contribution is -2.19. The molecule has 0 bridgehead atoms. The molecular weight excluding hydrogens is 236 g/mol. The summed E-state index contributed by atoms with van der Waals surface area (Å²) < 4.78 is 6.09. The highest BCUT2D eigenvalue weighted by atomic mass is 16.5. The number of aliphatic hydroxyl groups is 1. The maximum Gasteiger partial charge on any atom is 0.120 e. The van der Waals surface area contributed by atoms with Crippen LogP contribution in [-0.2, 0) is 6.61 Å². The first-order valence-corrected chi connectivity index (χ1v) is 7.16. The molecule has 0 unspecified atom stereocenters. The largest absolute Gasteiger partial charge is 0.490 e. The Kier molecular flexibility index (Phi) is 3.69. The SMILES string of the molecule is OCc1cc(OC2CCCCC2)cc2ccccc12. The van der Waals surface area contributed by atoms with Crippen molar-refractivity contribution in [3.05, 3.63) is 42.0 Å². The number of hydrogen-bond donors (Lipinski definition) is 1. The third kappa shape index (κ3) is 2.74. The molecule has 3 rings (SSSR count). The van der Waals surface area contributed by atoms with Crippen molar-refractivity contribution in [1.82, 2.24) is 0 Å². The fourth-order valence-corrected chi connectivity index (χ4v) is 2.93. The lowest BCUT2D eigenvalue weighted by atomic mass is 9.97. The fraction of sp³-hybridized carbons (Fsp3) is 0.412. The van der Waals surface area contributed by atoms with Crippen LogP contribution in [0.2, 0.25) is 0 Å². The molecule has 1 fully saturated rings. The Bertz CT molecular complexity index is 556. The molecule has 1 N–H and O–H groups in total. The molecule has 0 radical (unpaired) electrons. The maximum absolute atomic E-state index is 9.51. The van der Waals surface area contributed by atoms with Crippen LogP contribution in [0, 0.1) is 0 Å². The first-order valence-electron chi connectivity index (χ1n) is 7.16. The predicted molar refractivity (Wildman–Crippen MR) is 77.4 cm³/mol. The van der Waals surface area contributed by atoms with Crippen LogP contribution >= 0.6 is 0 Å². The Morgan fingerprint density at radius 2 is 1.84 bits per heavy atom. The molecule has 0 heterocycles. The standard InChI is InChI=1S/C17H20O2/c18-12-14-11-16(19-15-7-2-1-3-8-15)10-13-6-4-5-9-17(13)14/h4-6,9-11,15,18H,1-3,7-8,12H2. The highest BCUT2D eigenvalue weighted by Crippen LogP contribution is 2.29. The predicted octanol–water partition coefficient (Wildman–Crippen LogP) is 4.04. The molecule has 1 aliphatic rings. The number of rotatable bonds is 3. The van der Waals surface area contributed by atoms with E-state index in [9.17, 15) is 5.11 Å². The zero-order valence-corrected chi connectivity index (χ0v) is 11.1. The number of ether oxygens (including phenoxy) is 1. The van der Waals surface area contributed by atoms with Crippen LogP contribution in [0.25, 0.3) is 10.8 Å². The summed E-state index contributed by atoms with van der Waals surface area (Å²) in [7, 11) is 0. The summed E-state index contributed by atoms with van der Waals surface area (Å²) in [6, 6.07) is 12.2. The summed E-state index contributed by atoms with van der Waals surface area (Å²) in [5, 5.41) is 11.8. The Morgan fingerprint density at radius 1 is 1.05 bits per heavy atom. The summed E-state index contributed by atoms with van der Waals surface area (Å²) in [6.07, 6.45) is 6.53. The van der Waals surface area contributed by atoms with E-state index in [2.05, 4.69) is 12.1 Å². The van der Waals surface area contributed by atoms with Gasteiger partial charge in [-0.1, -0.05) is 30.7 Å². The van der Waals surface area contributed by atoms with Gasteiger partial charge in [-0.3, -0.25) is 0 Å². The smallest absolute Gasteiger partial charge is 0.120 e. The minimum atomic E-state index is 0.0579. The van der Waals surface area contributed by atoms with E-state index in [1.54, 1.807) is 0 Å². The minimum Gasteiger partial charge on any atom is -0.490 e. The van der Waals surface area contributed by atoms with Crippen LogP contribution in [0.4, 0.5) is 0 Å². The number of aliphatic hydroxyl groups excluding tert-OH is 1. The lowest BCUT2D eigenvalue weighted by Gasteiger charge is -2.23. The lowest BCUT2D eigenvalue weighted by molar-refractivity contribution is 0.155. The van der Waals surface area contributed by atoms with Gasteiger partial charge in [-0.2, -0.15) is 0 Å². The van der Waals surface area contributed by atoms with Gasteiger partial charge in [0.2, 0.25) is 0 Å². The number of fused-ring (bicyclic) bond motifs is 1. The first kappa shape index (κ1) is 12.5. The highest BCUT2D eigenvalue weighted by Gasteiger charge is 2.15. The van der Waals surface area contributed by atoms with E-state index in [-0.39, 0.29) is 6.61 Å². The van der Waals surface area contributed by atoms with Gasteiger partial charge in [0.25, 0.3) is 0 Å². The van der Waals surface area contributed by atoms with E-state index in [0.717, 1.165) is 34.9 Å². The van der Waals surface area contributed by atoms with Crippen LogP contribution in [0.15, 0.2) is 36.4 Å². The van der Waals surface area contributed by atoms with Crippen LogP contribution < -0.4 is 4.74 Å². The fourth-order valence-electron chi connectivity index (χ4n) is 2.93. The topological polar surface area (TPSA) is 29.5 Å². The Balaban J connectivity index is 1.90. The Labute approximate surface area is 114 Å². The Hall–Kier alpha value is -1.54. The monoisotopic (exact) mass is 256 g/mol. The second kappa shape index (κ2) is 5.62. The van der Waals surface area contributed by atoms with E-state index in [0.29, 0.717) is 6.10 Å². The van der Waals surface area contributed by atoms with Crippen molar-refractivity contribution in [3.8, 4) is 5.75 Å². The molecule has 1 saturated carbocycles. The summed E-state index contributed by atoms with van der Waals surface area (Å²) in [4.78, 5) is 0. The van der Waals surface area contributed by atoms with Crippen molar-refractivity contribution in [2.24, 2.45) is 0 Å². The molecule has 2 aromatic carbocycles. The van der Waals surface area contributed by atoms with Crippen molar-refractivity contribution < 1.29 is 9.84 Å². The second-order valence-electron chi connectivity index (χ2n) is 5.34. The van der Waals surface area contributed by atoms with Crippen LogP contribution in [0.5, 0.6) is 5.75 Å². The maximum atomic E-state index is 9.51. The van der Waals surface area contributed by atoms with Gasteiger partial charge in [-0.25, -0.2) is 0 Å². The minimum absolute atomic E-state index is 0.0579. The van der Waals surface area contributed by atoms with Crippen molar-refractivity contribution in [2.75, 3.05) is 0 Å². The van der Waals surface area contributed by atoms with E-state index in [1.807, 2.05) is 24.3 Å². The molecule has 0 saturated heterocycles. The molecule has 0 aromatic heterocycles. The molecule has 1 aliphatic carbocycles. The molecule has 19 heavy (non-hydrogen) atoms. The normalized spacial score (nSPS) is 16.7. The van der Waals surface area contributed by atoms with E-state index >= 15 is 0 Å². The van der Waals surface area contributed by atoms with Gasteiger partial charge in [0.1, 0.15) is 5.75 Å². The van der Waals surface area contributed by atoms with Gasteiger partial charge in [-0.15, -0.1) is 0 Å². The van der Waals surface area contributed by atoms with Crippen molar-refractivity contribution >= 4 is 10.8 Å².